The van der Waals surface area contributed by atoms with E-state index in [1.165, 1.54) is 10.5 Å². The summed E-state index contributed by atoms with van der Waals surface area (Å²) in [6.07, 6.45) is 0.623. The highest BCUT2D eigenvalue weighted by atomic mass is 32.2. The highest BCUT2D eigenvalue weighted by Gasteiger charge is 2.15. The molecule has 1 unspecified atom stereocenters. The van der Waals surface area contributed by atoms with Crippen LogP contribution < -0.4 is 5.32 Å². The molecule has 0 saturated heterocycles. The van der Waals surface area contributed by atoms with Gasteiger partial charge in [-0.3, -0.25) is 4.79 Å². The van der Waals surface area contributed by atoms with Crippen molar-refractivity contribution in [3.63, 3.8) is 0 Å². The summed E-state index contributed by atoms with van der Waals surface area (Å²) < 4.78 is 0. The number of hydrogen-bond acceptors (Lipinski definition) is 3. The van der Waals surface area contributed by atoms with Crippen molar-refractivity contribution in [3.8, 4) is 0 Å². The Bertz CT molecular complexity index is 409. The van der Waals surface area contributed by atoms with Crippen molar-refractivity contribution in [2.75, 3.05) is 12.8 Å². The quantitative estimate of drug-likeness (QED) is 0.787. The van der Waals surface area contributed by atoms with Gasteiger partial charge in [0.1, 0.15) is 6.04 Å². The lowest BCUT2D eigenvalue weighted by atomic mass is 9.87. The third-order valence-electron chi connectivity index (χ3n) is 3.04. The maximum absolute atomic E-state index is 10.9. The molecule has 0 bridgehead atoms. The minimum atomic E-state index is -0.786. The van der Waals surface area contributed by atoms with Crippen molar-refractivity contribution in [2.24, 2.45) is 0 Å². The summed E-state index contributed by atoms with van der Waals surface area (Å²) in [6.45, 7) is 6.58. The van der Waals surface area contributed by atoms with E-state index >= 15 is 0 Å². The largest absolute Gasteiger partial charge is 0.480 e. The van der Waals surface area contributed by atoms with Crippen LogP contribution in [0.4, 0.5) is 0 Å². The number of rotatable bonds is 6. The zero-order valence-corrected chi connectivity index (χ0v) is 12.9. The predicted molar refractivity (Wildman–Crippen MR) is 81.0 cm³/mol. The molecule has 3 nitrogen and oxygen atoms in total. The van der Waals surface area contributed by atoms with Gasteiger partial charge in [-0.05, 0) is 36.6 Å². The highest BCUT2D eigenvalue weighted by molar-refractivity contribution is 7.99. The van der Waals surface area contributed by atoms with Crippen LogP contribution in [-0.2, 0) is 10.2 Å². The third-order valence-corrected chi connectivity index (χ3v) is 4.09. The lowest BCUT2D eigenvalue weighted by Crippen LogP contribution is -2.34. The predicted octanol–water partition coefficient (Wildman–Crippen LogP) is 3.14. The summed E-state index contributed by atoms with van der Waals surface area (Å²) in [5.74, 6) is 0.0123. The van der Waals surface area contributed by atoms with E-state index < -0.39 is 12.0 Å². The molecule has 1 atom stereocenters. The van der Waals surface area contributed by atoms with E-state index in [-0.39, 0.29) is 5.41 Å². The number of likely N-dealkylation sites (N-methyl/N-ethyl adjacent to an activating group) is 1. The van der Waals surface area contributed by atoms with Crippen LogP contribution in [0.2, 0.25) is 0 Å². The van der Waals surface area contributed by atoms with Gasteiger partial charge in [-0.25, -0.2) is 0 Å². The van der Waals surface area contributed by atoms with Gasteiger partial charge in [-0.15, -0.1) is 11.8 Å². The Morgan fingerprint density at radius 3 is 2.32 bits per heavy atom. The summed E-state index contributed by atoms with van der Waals surface area (Å²) in [5.41, 5.74) is 1.49. The number of thioether (sulfide) groups is 1. The van der Waals surface area contributed by atoms with Gasteiger partial charge in [0, 0.05) is 10.6 Å². The topological polar surface area (TPSA) is 49.3 Å². The molecule has 106 valence electrons. The molecule has 0 heterocycles. The third kappa shape index (κ3) is 5.25. The number of hydrogen-bond donors (Lipinski definition) is 2. The van der Waals surface area contributed by atoms with Gasteiger partial charge in [0.15, 0.2) is 0 Å². The second-order valence-corrected chi connectivity index (χ2v) is 6.76. The molecule has 1 rings (SSSR count). The summed E-state index contributed by atoms with van der Waals surface area (Å²) >= 11 is 1.70. The van der Waals surface area contributed by atoms with Crippen molar-refractivity contribution >= 4 is 17.7 Å². The number of carboxylic acid groups (broad SMARTS) is 1. The minimum absolute atomic E-state index is 0.170. The highest BCUT2D eigenvalue weighted by Crippen LogP contribution is 2.26. The van der Waals surface area contributed by atoms with Crippen molar-refractivity contribution < 1.29 is 9.90 Å². The molecule has 0 spiro atoms. The smallest absolute Gasteiger partial charge is 0.320 e. The first kappa shape index (κ1) is 16.1. The van der Waals surface area contributed by atoms with Gasteiger partial charge in [0.25, 0.3) is 0 Å². The van der Waals surface area contributed by atoms with E-state index in [0.29, 0.717) is 6.42 Å². The molecule has 1 aromatic rings. The van der Waals surface area contributed by atoms with Crippen LogP contribution in [0.1, 0.15) is 32.8 Å². The molecule has 0 saturated carbocycles. The van der Waals surface area contributed by atoms with Crippen molar-refractivity contribution in [1.82, 2.24) is 5.32 Å². The molecule has 0 aliphatic carbocycles. The van der Waals surface area contributed by atoms with E-state index in [1.807, 2.05) is 0 Å². The summed E-state index contributed by atoms with van der Waals surface area (Å²) in [5, 5.41) is 11.7. The van der Waals surface area contributed by atoms with Crippen LogP contribution in [0.3, 0.4) is 0 Å². The SMILES string of the molecule is CNC(CCSc1ccc(C(C)(C)C)cc1)C(=O)O. The van der Waals surface area contributed by atoms with E-state index in [0.717, 1.165) is 5.75 Å². The van der Waals surface area contributed by atoms with Gasteiger partial charge in [0.2, 0.25) is 0 Å². The molecule has 19 heavy (non-hydrogen) atoms. The second-order valence-electron chi connectivity index (χ2n) is 5.59. The average molecular weight is 281 g/mol. The van der Waals surface area contributed by atoms with Gasteiger partial charge < -0.3 is 10.4 Å². The number of carboxylic acids is 1. The molecule has 0 fully saturated rings. The number of nitrogens with one attached hydrogen (secondary N) is 1. The first-order chi connectivity index (χ1) is 8.84. The normalized spacial score (nSPS) is 13.3. The van der Waals surface area contributed by atoms with Crippen molar-refractivity contribution in [3.05, 3.63) is 29.8 Å². The van der Waals surface area contributed by atoms with Crippen LogP contribution in [0.5, 0.6) is 0 Å². The molecule has 2 N–H and O–H groups in total. The van der Waals surface area contributed by atoms with Crippen LogP contribution >= 0.6 is 11.8 Å². The molecule has 0 aliphatic rings. The Labute approximate surface area is 119 Å². The van der Waals surface area contributed by atoms with Crippen molar-refractivity contribution in [2.45, 2.75) is 43.5 Å². The molecule has 0 radical (unpaired) electrons. The fourth-order valence-electron chi connectivity index (χ4n) is 1.74. The summed E-state index contributed by atoms with van der Waals surface area (Å²) in [7, 11) is 1.68. The van der Waals surface area contributed by atoms with E-state index in [9.17, 15) is 4.79 Å². The standard InChI is InChI=1S/C15H23NO2S/c1-15(2,3)11-5-7-12(8-6-11)19-10-9-13(16-4)14(17)18/h5-8,13,16H,9-10H2,1-4H3,(H,17,18). The average Bonchev–Trinajstić information content (AvgIpc) is 2.33. The van der Waals surface area contributed by atoms with Crippen LogP contribution in [0.15, 0.2) is 29.2 Å². The maximum atomic E-state index is 10.9. The Balaban J connectivity index is 2.49. The Kier molecular flexibility index (Phi) is 5.88. The zero-order chi connectivity index (χ0) is 14.5. The Morgan fingerprint density at radius 1 is 1.32 bits per heavy atom. The fourth-order valence-corrected chi connectivity index (χ4v) is 2.65. The first-order valence-corrected chi connectivity index (χ1v) is 7.46. The van der Waals surface area contributed by atoms with Gasteiger partial charge in [0.05, 0.1) is 0 Å². The number of benzene rings is 1. The molecule has 4 heteroatoms. The summed E-state index contributed by atoms with van der Waals surface area (Å²) in [4.78, 5) is 12.0. The molecule has 0 aromatic heterocycles. The van der Waals surface area contributed by atoms with Gasteiger partial charge in [-0.1, -0.05) is 32.9 Å². The first-order valence-electron chi connectivity index (χ1n) is 6.48. The Morgan fingerprint density at radius 2 is 1.89 bits per heavy atom. The fraction of sp³-hybridized carbons (Fsp3) is 0.533. The van der Waals surface area contributed by atoms with Crippen LogP contribution in [0.25, 0.3) is 0 Å². The van der Waals surface area contributed by atoms with Crippen LogP contribution in [0, 0.1) is 0 Å². The molecule has 1 aromatic carbocycles. The molecular weight excluding hydrogens is 258 g/mol. The lowest BCUT2D eigenvalue weighted by molar-refractivity contribution is -0.139. The monoisotopic (exact) mass is 281 g/mol. The summed E-state index contributed by atoms with van der Waals surface area (Å²) in [6, 6.07) is 8.06. The van der Waals surface area contributed by atoms with Crippen molar-refractivity contribution in [1.29, 1.82) is 0 Å². The zero-order valence-electron chi connectivity index (χ0n) is 12.1. The van der Waals surface area contributed by atoms with Crippen LogP contribution in [-0.4, -0.2) is 29.9 Å². The molecule has 0 aliphatic heterocycles. The number of aliphatic carboxylic acids is 1. The maximum Gasteiger partial charge on any atom is 0.320 e. The van der Waals surface area contributed by atoms with E-state index in [2.05, 4.69) is 50.4 Å². The van der Waals surface area contributed by atoms with E-state index in [1.54, 1.807) is 18.8 Å². The molecular formula is C15H23NO2S. The minimum Gasteiger partial charge on any atom is -0.480 e. The Hall–Kier alpha value is -1.00. The van der Waals surface area contributed by atoms with E-state index in [4.69, 9.17) is 5.11 Å². The van der Waals surface area contributed by atoms with Gasteiger partial charge >= 0.3 is 5.97 Å². The molecule has 0 amide bonds. The second kappa shape index (κ2) is 6.96. The lowest BCUT2D eigenvalue weighted by Gasteiger charge is -2.19. The van der Waals surface area contributed by atoms with Gasteiger partial charge in [-0.2, -0.15) is 0 Å². The number of carbonyl (C=O) groups is 1.